The molecule has 0 heterocycles. The Labute approximate surface area is 120 Å². The summed E-state index contributed by atoms with van der Waals surface area (Å²) < 4.78 is 0. The molecule has 0 radical (unpaired) electrons. The predicted octanol–water partition coefficient (Wildman–Crippen LogP) is 3.06. The van der Waals surface area contributed by atoms with E-state index in [4.69, 9.17) is 5.73 Å². The van der Waals surface area contributed by atoms with E-state index in [0.717, 1.165) is 21.5 Å². The standard InChI is InChI=1S/C18H11NO2/c19-16-9-14-7-12-5-10-3-1-2-4-11(10)6-13(12)8-15(14)17(20)18(16)21/h1-9H,19H2. The molecular weight excluding hydrogens is 262 g/mol. The van der Waals surface area contributed by atoms with Crippen LogP contribution in [0, 0.1) is 0 Å². The maximum Gasteiger partial charge on any atom is 0.249 e. The molecule has 0 spiro atoms. The monoisotopic (exact) mass is 273 g/mol. The van der Waals surface area contributed by atoms with Crippen LogP contribution in [-0.4, -0.2) is 11.6 Å². The van der Waals surface area contributed by atoms with Crippen LogP contribution >= 0.6 is 0 Å². The first-order valence-electron chi connectivity index (χ1n) is 6.66. The van der Waals surface area contributed by atoms with Gasteiger partial charge in [-0.15, -0.1) is 0 Å². The molecule has 3 aromatic rings. The van der Waals surface area contributed by atoms with E-state index < -0.39 is 11.6 Å². The van der Waals surface area contributed by atoms with Gasteiger partial charge in [-0.2, -0.15) is 0 Å². The van der Waals surface area contributed by atoms with Crippen LogP contribution in [0.25, 0.3) is 27.6 Å². The van der Waals surface area contributed by atoms with Crippen LogP contribution in [0.1, 0.15) is 15.9 Å². The summed E-state index contributed by atoms with van der Waals surface area (Å²) in [5.41, 5.74) is 6.75. The van der Waals surface area contributed by atoms with Crippen molar-refractivity contribution in [1.82, 2.24) is 0 Å². The molecule has 2 N–H and O–H groups in total. The first-order chi connectivity index (χ1) is 10.1. The topological polar surface area (TPSA) is 60.2 Å². The van der Waals surface area contributed by atoms with Gasteiger partial charge in [-0.05, 0) is 57.4 Å². The molecule has 0 bridgehead atoms. The van der Waals surface area contributed by atoms with Gasteiger partial charge in [0, 0.05) is 5.56 Å². The van der Waals surface area contributed by atoms with Crippen molar-refractivity contribution in [1.29, 1.82) is 0 Å². The van der Waals surface area contributed by atoms with Crippen LogP contribution in [0.2, 0.25) is 0 Å². The lowest BCUT2D eigenvalue weighted by Crippen LogP contribution is -2.25. The van der Waals surface area contributed by atoms with Crippen LogP contribution in [0.4, 0.5) is 0 Å². The number of allylic oxidation sites excluding steroid dienone is 1. The Hall–Kier alpha value is -2.94. The molecule has 0 amide bonds. The molecule has 0 saturated carbocycles. The molecule has 0 atom stereocenters. The zero-order valence-corrected chi connectivity index (χ0v) is 11.1. The van der Waals surface area contributed by atoms with E-state index in [1.165, 1.54) is 0 Å². The largest absolute Gasteiger partial charge is 0.395 e. The van der Waals surface area contributed by atoms with Crippen LogP contribution < -0.4 is 5.73 Å². The van der Waals surface area contributed by atoms with Gasteiger partial charge >= 0.3 is 0 Å². The van der Waals surface area contributed by atoms with Crippen LogP contribution in [-0.2, 0) is 4.79 Å². The van der Waals surface area contributed by atoms with Crippen molar-refractivity contribution in [3.8, 4) is 0 Å². The number of rotatable bonds is 0. The zero-order valence-electron chi connectivity index (χ0n) is 11.1. The van der Waals surface area contributed by atoms with E-state index in [-0.39, 0.29) is 5.70 Å². The third kappa shape index (κ3) is 1.68. The molecule has 0 saturated heterocycles. The summed E-state index contributed by atoms with van der Waals surface area (Å²) in [5.74, 6) is -1.15. The molecule has 3 aromatic carbocycles. The van der Waals surface area contributed by atoms with Crippen molar-refractivity contribution in [2.75, 3.05) is 0 Å². The van der Waals surface area contributed by atoms with Gasteiger partial charge in [0.25, 0.3) is 0 Å². The molecule has 0 fully saturated rings. The Bertz CT molecular complexity index is 983. The molecule has 0 aromatic heterocycles. The molecule has 3 nitrogen and oxygen atoms in total. The highest BCUT2D eigenvalue weighted by Crippen LogP contribution is 2.29. The number of nitrogens with two attached hydrogens (primary N) is 1. The van der Waals surface area contributed by atoms with Gasteiger partial charge in [-0.3, -0.25) is 9.59 Å². The maximum absolute atomic E-state index is 12.1. The Morgan fingerprint density at radius 1 is 0.714 bits per heavy atom. The number of fused-ring (bicyclic) bond motifs is 3. The second kappa shape index (κ2) is 4.03. The summed E-state index contributed by atoms with van der Waals surface area (Å²) in [4.78, 5) is 23.8. The van der Waals surface area contributed by atoms with Gasteiger partial charge in [-0.1, -0.05) is 24.3 Å². The van der Waals surface area contributed by atoms with E-state index in [1.54, 1.807) is 12.1 Å². The Morgan fingerprint density at radius 2 is 1.33 bits per heavy atom. The van der Waals surface area contributed by atoms with E-state index >= 15 is 0 Å². The van der Waals surface area contributed by atoms with Crippen molar-refractivity contribution in [3.63, 3.8) is 0 Å². The number of benzene rings is 3. The van der Waals surface area contributed by atoms with Gasteiger partial charge in [-0.25, -0.2) is 0 Å². The lowest BCUT2D eigenvalue weighted by Gasteiger charge is -2.13. The average molecular weight is 273 g/mol. The normalized spacial score (nSPS) is 14.4. The Morgan fingerprint density at radius 3 is 2.00 bits per heavy atom. The van der Waals surface area contributed by atoms with Crippen LogP contribution in [0.5, 0.6) is 0 Å². The number of hydrogen-bond acceptors (Lipinski definition) is 3. The number of hydrogen-bond donors (Lipinski definition) is 1. The minimum Gasteiger partial charge on any atom is -0.395 e. The SMILES string of the molecule is NC1=Cc2cc3cc4ccccc4cc3cc2C(=O)C1=O. The van der Waals surface area contributed by atoms with Gasteiger partial charge in [0.1, 0.15) is 0 Å². The smallest absolute Gasteiger partial charge is 0.249 e. The highest BCUT2D eigenvalue weighted by Gasteiger charge is 2.26. The lowest BCUT2D eigenvalue weighted by atomic mass is 9.90. The first-order valence-corrected chi connectivity index (χ1v) is 6.66. The molecule has 0 unspecified atom stereocenters. The number of carbonyl (C=O) groups is 2. The number of Topliss-reactive ketones (excluding diaryl/α,β-unsaturated/α-hetero) is 2. The van der Waals surface area contributed by atoms with Gasteiger partial charge in [0.2, 0.25) is 11.6 Å². The summed E-state index contributed by atoms with van der Waals surface area (Å²) in [7, 11) is 0. The summed E-state index contributed by atoms with van der Waals surface area (Å²) in [6.07, 6.45) is 1.58. The third-order valence-electron chi connectivity index (χ3n) is 3.90. The molecule has 21 heavy (non-hydrogen) atoms. The van der Waals surface area contributed by atoms with Gasteiger partial charge < -0.3 is 5.73 Å². The molecule has 1 aliphatic carbocycles. The van der Waals surface area contributed by atoms with Crippen LogP contribution in [0.15, 0.2) is 54.2 Å². The highest BCUT2D eigenvalue weighted by atomic mass is 16.2. The molecule has 3 heteroatoms. The molecule has 1 aliphatic rings. The average Bonchev–Trinajstić information content (AvgIpc) is 2.49. The van der Waals surface area contributed by atoms with Crippen molar-refractivity contribution in [3.05, 3.63) is 65.4 Å². The van der Waals surface area contributed by atoms with Gasteiger partial charge in [0.05, 0.1) is 5.70 Å². The molecule has 100 valence electrons. The first kappa shape index (κ1) is 11.9. The highest BCUT2D eigenvalue weighted by molar-refractivity contribution is 6.51. The molecular formula is C18H11NO2. The molecule has 0 aliphatic heterocycles. The quantitative estimate of drug-likeness (QED) is 0.506. The summed E-state index contributed by atoms with van der Waals surface area (Å²) in [6, 6.07) is 15.8. The van der Waals surface area contributed by atoms with Crippen LogP contribution in [0.3, 0.4) is 0 Å². The minimum absolute atomic E-state index is 0.00707. The number of ketones is 2. The second-order valence-corrected chi connectivity index (χ2v) is 5.24. The van der Waals surface area contributed by atoms with E-state index in [1.807, 2.05) is 36.4 Å². The minimum atomic E-state index is -0.623. The number of carbonyl (C=O) groups excluding carboxylic acids is 2. The third-order valence-corrected chi connectivity index (χ3v) is 3.90. The van der Waals surface area contributed by atoms with Crippen molar-refractivity contribution in [2.24, 2.45) is 5.73 Å². The van der Waals surface area contributed by atoms with E-state index in [2.05, 4.69) is 6.07 Å². The fourth-order valence-electron chi connectivity index (χ4n) is 2.81. The summed E-state index contributed by atoms with van der Waals surface area (Å²) in [5, 5.41) is 4.22. The Balaban J connectivity index is 2.09. The maximum atomic E-state index is 12.1. The predicted molar refractivity (Wildman–Crippen MR) is 83.0 cm³/mol. The van der Waals surface area contributed by atoms with Crippen molar-refractivity contribution >= 4 is 39.2 Å². The van der Waals surface area contributed by atoms with Gasteiger partial charge in [0.15, 0.2) is 0 Å². The fourth-order valence-corrected chi connectivity index (χ4v) is 2.81. The summed E-state index contributed by atoms with van der Waals surface area (Å²) >= 11 is 0. The summed E-state index contributed by atoms with van der Waals surface area (Å²) in [6.45, 7) is 0. The zero-order chi connectivity index (χ0) is 14.6. The molecule has 4 rings (SSSR count). The lowest BCUT2D eigenvalue weighted by molar-refractivity contribution is -0.111. The van der Waals surface area contributed by atoms with Crippen molar-refractivity contribution in [2.45, 2.75) is 0 Å². The van der Waals surface area contributed by atoms with E-state index in [9.17, 15) is 9.59 Å². The Kier molecular flexibility index (Phi) is 2.27. The second-order valence-electron chi connectivity index (χ2n) is 5.24. The van der Waals surface area contributed by atoms with E-state index in [0.29, 0.717) is 11.1 Å². The fraction of sp³-hybridized carbons (Fsp3) is 0. The van der Waals surface area contributed by atoms with Crippen molar-refractivity contribution < 1.29 is 9.59 Å².